The third-order valence-electron chi connectivity index (χ3n) is 3.88. The lowest BCUT2D eigenvalue weighted by Gasteiger charge is -2.16. The Morgan fingerprint density at radius 3 is 2.70 bits per heavy atom. The molecule has 0 aromatic heterocycles. The van der Waals surface area contributed by atoms with E-state index < -0.39 is 0 Å². The van der Waals surface area contributed by atoms with Crippen LogP contribution in [0.1, 0.15) is 29.2 Å². The van der Waals surface area contributed by atoms with Crippen molar-refractivity contribution in [2.75, 3.05) is 11.9 Å². The number of halogens is 1. The van der Waals surface area contributed by atoms with Crippen molar-refractivity contribution in [3.63, 3.8) is 0 Å². The zero-order chi connectivity index (χ0) is 13.9. The molecule has 0 saturated heterocycles. The van der Waals surface area contributed by atoms with E-state index >= 15 is 0 Å². The summed E-state index contributed by atoms with van der Waals surface area (Å²) in [4.78, 5) is 0. The van der Waals surface area contributed by atoms with Crippen molar-refractivity contribution in [1.29, 1.82) is 0 Å². The monoisotopic (exact) mass is 271 g/mol. The average molecular weight is 271 g/mol. The summed E-state index contributed by atoms with van der Waals surface area (Å²) in [5.41, 5.74) is 4.51. The lowest BCUT2D eigenvalue weighted by atomic mass is 10.1. The van der Waals surface area contributed by atoms with Crippen LogP contribution in [0.25, 0.3) is 0 Å². The molecule has 20 heavy (non-hydrogen) atoms. The van der Waals surface area contributed by atoms with Gasteiger partial charge in [0.05, 0.1) is 6.04 Å². The maximum Gasteiger partial charge on any atom is 0.123 e. The number of rotatable bonds is 4. The molecule has 2 N–H and O–H groups in total. The van der Waals surface area contributed by atoms with Crippen LogP contribution in [0.5, 0.6) is 0 Å². The van der Waals surface area contributed by atoms with Crippen LogP contribution in [0.15, 0.2) is 42.5 Å². The summed E-state index contributed by atoms with van der Waals surface area (Å²) < 4.78 is 13.2. The molecule has 0 saturated carbocycles. The number of nitrogens with one attached hydrogen (secondary N) is 1. The first-order chi connectivity index (χ1) is 9.76. The van der Waals surface area contributed by atoms with E-state index in [1.54, 1.807) is 6.07 Å². The molecule has 104 valence electrons. The predicted octanol–water partition coefficient (Wildman–Crippen LogP) is 3.46. The zero-order valence-electron chi connectivity index (χ0n) is 11.3. The van der Waals surface area contributed by atoms with Gasteiger partial charge in [0, 0.05) is 12.3 Å². The molecule has 3 rings (SSSR count). The van der Waals surface area contributed by atoms with Crippen molar-refractivity contribution >= 4 is 5.69 Å². The Labute approximate surface area is 118 Å². The molecule has 2 aromatic carbocycles. The predicted molar refractivity (Wildman–Crippen MR) is 78.3 cm³/mol. The van der Waals surface area contributed by atoms with Gasteiger partial charge in [-0.05, 0) is 60.2 Å². The highest BCUT2D eigenvalue weighted by Crippen LogP contribution is 2.34. The highest BCUT2D eigenvalue weighted by molar-refractivity contribution is 5.49. The molecule has 0 aliphatic heterocycles. The number of benzene rings is 2. The first-order valence-corrected chi connectivity index (χ1v) is 7.01. The summed E-state index contributed by atoms with van der Waals surface area (Å²) in [6.45, 7) is 0.175. The van der Waals surface area contributed by atoms with E-state index in [1.807, 2.05) is 30.3 Å². The molecular formula is C17H18FNO. The number of fused-ring (bicyclic) bond motifs is 1. The van der Waals surface area contributed by atoms with Gasteiger partial charge in [-0.15, -0.1) is 0 Å². The standard InChI is InChI=1S/C17H18FNO/c18-14-4-7-16-13(11-14)3-8-17(16)19-15-5-1-12(2-6-15)9-10-20/h1-2,4-7,11,17,19-20H,3,8-10H2. The molecular weight excluding hydrogens is 253 g/mol. The van der Waals surface area contributed by atoms with Crippen molar-refractivity contribution in [1.82, 2.24) is 0 Å². The number of aliphatic hydroxyl groups excluding tert-OH is 1. The molecule has 0 fully saturated rings. The fourth-order valence-corrected chi connectivity index (χ4v) is 2.83. The molecule has 2 nitrogen and oxygen atoms in total. The van der Waals surface area contributed by atoms with E-state index in [2.05, 4.69) is 5.32 Å². The van der Waals surface area contributed by atoms with Gasteiger partial charge in [0.25, 0.3) is 0 Å². The van der Waals surface area contributed by atoms with Gasteiger partial charge in [-0.2, -0.15) is 0 Å². The summed E-state index contributed by atoms with van der Waals surface area (Å²) in [6, 6.07) is 13.4. The molecule has 3 heteroatoms. The van der Waals surface area contributed by atoms with Gasteiger partial charge in [0.15, 0.2) is 0 Å². The summed E-state index contributed by atoms with van der Waals surface area (Å²) >= 11 is 0. The molecule has 0 heterocycles. The lowest BCUT2D eigenvalue weighted by Crippen LogP contribution is -2.07. The van der Waals surface area contributed by atoms with Crippen LogP contribution >= 0.6 is 0 Å². The average Bonchev–Trinajstić information content (AvgIpc) is 2.83. The van der Waals surface area contributed by atoms with Crippen molar-refractivity contribution in [3.8, 4) is 0 Å². The zero-order valence-corrected chi connectivity index (χ0v) is 11.3. The Morgan fingerprint density at radius 2 is 1.95 bits per heavy atom. The molecule has 0 amide bonds. The summed E-state index contributed by atoms with van der Waals surface area (Å²) in [6.07, 6.45) is 2.61. The van der Waals surface area contributed by atoms with E-state index in [-0.39, 0.29) is 18.5 Å². The minimum Gasteiger partial charge on any atom is -0.396 e. The summed E-state index contributed by atoms with van der Waals surface area (Å²) in [5, 5.41) is 12.4. The molecule has 1 atom stereocenters. The largest absolute Gasteiger partial charge is 0.396 e. The van der Waals surface area contributed by atoms with Gasteiger partial charge in [-0.1, -0.05) is 18.2 Å². The first kappa shape index (κ1) is 13.1. The normalized spacial score (nSPS) is 17.0. The maximum absolute atomic E-state index is 13.2. The Kier molecular flexibility index (Phi) is 3.70. The van der Waals surface area contributed by atoms with E-state index in [9.17, 15) is 4.39 Å². The summed E-state index contributed by atoms with van der Waals surface area (Å²) in [7, 11) is 0. The fourth-order valence-electron chi connectivity index (χ4n) is 2.83. The number of hydrogen-bond acceptors (Lipinski definition) is 2. The van der Waals surface area contributed by atoms with E-state index in [0.717, 1.165) is 29.7 Å². The van der Waals surface area contributed by atoms with Gasteiger partial charge in [0.2, 0.25) is 0 Å². The van der Waals surface area contributed by atoms with Crippen LogP contribution in [0.3, 0.4) is 0 Å². The first-order valence-electron chi connectivity index (χ1n) is 7.01. The van der Waals surface area contributed by atoms with Gasteiger partial charge in [0.1, 0.15) is 5.82 Å². The van der Waals surface area contributed by atoms with Crippen LogP contribution in [-0.4, -0.2) is 11.7 Å². The van der Waals surface area contributed by atoms with E-state index in [0.29, 0.717) is 6.42 Å². The third-order valence-corrected chi connectivity index (χ3v) is 3.88. The quantitative estimate of drug-likeness (QED) is 0.892. The van der Waals surface area contributed by atoms with Crippen LogP contribution in [0.2, 0.25) is 0 Å². The Bertz CT molecular complexity index is 594. The smallest absolute Gasteiger partial charge is 0.123 e. The minimum absolute atomic E-state index is 0.155. The molecule has 1 aliphatic carbocycles. The van der Waals surface area contributed by atoms with Crippen LogP contribution in [0.4, 0.5) is 10.1 Å². The van der Waals surface area contributed by atoms with Crippen molar-refractivity contribution < 1.29 is 9.50 Å². The number of anilines is 1. The molecule has 1 unspecified atom stereocenters. The highest BCUT2D eigenvalue weighted by Gasteiger charge is 2.22. The number of hydrogen-bond donors (Lipinski definition) is 2. The number of aryl methyl sites for hydroxylation is 1. The fraction of sp³-hybridized carbons (Fsp3) is 0.294. The Morgan fingerprint density at radius 1 is 1.15 bits per heavy atom. The third kappa shape index (κ3) is 2.68. The molecule has 2 aromatic rings. The van der Waals surface area contributed by atoms with Gasteiger partial charge in [-0.25, -0.2) is 4.39 Å². The van der Waals surface area contributed by atoms with Crippen molar-refractivity contribution in [3.05, 3.63) is 65.0 Å². The topological polar surface area (TPSA) is 32.3 Å². The van der Waals surface area contributed by atoms with Gasteiger partial charge >= 0.3 is 0 Å². The molecule has 0 spiro atoms. The summed E-state index contributed by atoms with van der Waals surface area (Å²) in [5.74, 6) is -0.155. The van der Waals surface area contributed by atoms with Crippen LogP contribution in [0, 0.1) is 5.82 Å². The Hall–Kier alpha value is -1.87. The SMILES string of the molecule is OCCc1ccc(NC2CCc3cc(F)ccc32)cc1. The number of aliphatic hydroxyl groups is 1. The van der Waals surface area contributed by atoms with Crippen molar-refractivity contribution in [2.24, 2.45) is 0 Å². The van der Waals surface area contributed by atoms with E-state index in [1.165, 1.54) is 11.6 Å². The molecule has 1 aliphatic rings. The maximum atomic E-state index is 13.2. The molecule has 0 radical (unpaired) electrons. The van der Waals surface area contributed by atoms with Crippen molar-refractivity contribution in [2.45, 2.75) is 25.3 Å². The second-order valence-electron chi connectivity index (χ2n) is 5.25. The van der Waals surface area contributed by atoms with Gasteiger partial charge < -0.3 is 10.4 Å². The second-order valence-corrected chi connectivity index (χ2v) is 5.25. The molecule has 0 bridgehead atoms. The highest BCUT2D eigenvalue weighted by atomic mass is 19.1. The van der Waals surface area contributed by atoms with E-state index in [4.69, 9.17) is 5.11 Å². The van der Waals surface area contributed by atoms with Crippen LogP contribution < -0.4 is 5.32 Å². The Balaban J connectivity index is 1.73. The minimum atomic E-state index is -0.155. The lowest BCUT2D eigenvalue weighted by molar-refractivity contribution is 0.299. The van der Waals surface area contributed by atoms with Crippen LogP contribution in [-0.2, 0) is 12.8 Å². The van der Waals surface area contributed by atoms with Gasteiger partial charge in [-0.3, -0.25) is 0 Å². The second kappa shape index (κ2) is 5.63.